The van der Waals surface area contributed by atoms with Gasteiger partial charge in [-0.15, -0.1) is 0 Å². The first-order valence-corrected chi connectivity index (χ1v) is 10.9. The van der Waals surface area contributed by atoms with Gasteiger partial charge in [0.25, 0.3) is 0 Å². The van der Waals surface area contributed by atoms with Crippen molar-refractivity contribution in [3.05, 3.63) is 66.0 Å². The van der Waals surface area contributed by atoms with Crippen LogP contribution in [-0.4, -0.2) is 50.8 Å². The number of amides is 2. The number of carbonyl (C=O) groups is 2. The topological polar surface area (TPSA) is 77.1 Å². The largest absolute Gasteiger partial charge is 0.493 e. The fraction of sp³-hybridized carbons (Fsp3) is 0.360. The molecule has 2 aromatic carbocycles. The van der Waals surface area contributed by atoms with Gasteiger partial charge in [0.15, 0.2) is 11.5 Å². The van der Waals surface area contributed by atoms with Crippen LogP contribution in [0.3, 0.4) is 0 Å². The van der Waals surface area contributed by atoms with Crippen molar-refractivity contribution in [2.45, 2.75) is 18.1 Å². The number of para-hydroxylation sites is 1. The van der Waals surface area contributed by atoms with Crippen LogP contribution < -0.4 is 19.7 Å². The first-order valence-electron chi connectivity index (χ1n) is 10.9. The number of carbonyl (C=O) groups excluding carboxylic acids is 2. The van der Waals surface area contributed by atoms with E-state index in [2.05, 4.69) is 5.32 Å². The number of hydrogen-bond donors (Lipinski definition) is 1. The number of anilines is 1. The molecule has 8 heteroatoms. The van der Waals surface area contributed by atoms with E-state index in [1.165, 1.54) is 11.0 Å². The molecular weight excluding hydrogens is 427 g/mol. The molecule has 3 aliphatic heterocycles. The third-order valence-electron chi connectivity index (χ3n) is 6.71. The minimum absolute atomic E-state index is 0.194. The predicted octanol–water partition coefficient (Wildman–Crippen LogP) is 2.49. The summed E-state index contributed by atoms with van der Waals surface area (Å²) in [6, 6.07) is 11.8. The Kier molecular flexibility index (Phi) is 5.32. The summed E-state index contributed by atoms with van der Waals surface area (Å²) in [5, 5.41) is 2.95. The molecule has 0 radical (unpaired) electrons. The number of ether oxygens (including phenoxy) is 3. The van der Waals surface area contributed by atoms with E-state index < -0.39 is 29.4 Å². The van der Waals surface area contributed by atoms with Crippen molar-refractivity contribution in [2.24, 2.45) is 11.8 Å². The maximum Gasteiger partial charge on any atom is 0.234 e. The zero-order chi connectivity index (χ0) is 23.2. The lowest BCUT2D eigenvalue weighted by atomic mass is 9.77. The minimum atomic E-state index is -0.893. The van der Waals surface area contributed by atoms with Gasteiger partial charge in [0.1, 0.15) is 11.4 Å². The van der Waals surface area contributed by atoms with E-state index in [0.717, 1.165) is 5.56 Å². The molecule has 5 rings (SSSR count). The Hall–Kier alpha value is -3.39. The number of benzene rings is 2. The molecule has 0 unspecified atom stereocenters. The summed E-state index contributed by atoms with van der Waals surface area (Å²) in [5.74, 6) is -1.05. The first kappa shape index (κ1) is 21.5. The van der Waals surface area contributed by atoms with Crippen molar-refractivity contribution in [1.82, 2.24) is 5.32 Å². The van der Waals surface area contributed by atoms with Gasteiger partial charge in [-0.3, -0.25) is 9.59 Å². The van der Waals surface area contributed by atoms with Gasteiger partial charge < -0.3 is 24.4 Å². The van der Waals surface area contributed by atoms with Crippen LogP contribution in [0.4, 0.5) is 10.1 Å². The van der Waals surface area contributed by atoms with Crippen molar-refractivity contribution < 1.29 is 28.2 Å². The normalized spacial score (nSPS) is 27.1. The van der Waals surface area contributed by atoms with E-state index in [0.29, 0.717) is 24.5 Å². The second kappa shape index (κ2) is 8.19. The molecule has 33 heavy (non-hydrogen) atoms. The molecule has 2 saturated heterocycles. The predicted molar refractivity (Wildman–Crippen MR) is 119 cm³/mol. The van der Waals surface area contributed by atoms with Crippen LogP contribution in [0.2, 0.25) is 0 Å². The van der Waals surface area contributed by atoms with Crippen molar-refractivity contribution in [1.29, 1.82) is 0 Å². The molecule has 7 nitrogen and oxygen atoms in total. The van der Waals surface area contributed by atoms with Gasteiger partial charge in [-0.1, -0.05) is 30.4 Å². The van der Waals surface area contributed by atoms with Gasteiger partial charge in [0.05, 0.1) is 44.4 Å². The second-order valence-corrected chi connectivity index (χ2v) is 8.51. The summed E-state index contributed by atoms with van der Waals surface area (Å²) >= 11 is 0. The Labute approximate surface area is 191 Å². The average molecular weight is 452 g/mol. The average Bonchev–Trinajstić information content (AvgIpc) is 3.47. The van der Waals surface area contributed by atoms with E-state index in [1.807, 2.05) is 30.4 Å². The van der Waals surface area contributed by atoms with E-state index in [1.54, 1.807) is 32.4 Å². The smallest absolute Gasteiger partial charge is 0.234 e. The molecule has 3 heterocycles. The molecule has 1 spiro atoms. The zero-order valence-corrected chi connectivity index (χ0v) is 18.4. The molecule has 4 atom stereocenters. The van der Waals surface area contributed by atoms with Gasteiger partial charge >= 0.3 is 0 Å². The van der Waals surface area contributed by atoms with E-state index >= 15 is 0 Å². The lowest BCUT2D eigenvalue weighted by Gasteiger charge is -2.23. The van der Waals surface area contributed by atoms with Gasteiger partial charge in [-0.25, -0.2) is 4.39 Å². The SMILES string of the molecule is COc1ccc(CCNC(=O)[C@@H]2[C@H]3C=C[C@]4(CN(c5ccccc5F)C(=O)[C@@H]24)O3)cc1OC. The molecule has 0 aliphatic carbocycles. The van der Waals surface area contributed by atoms with Crippen molar-refractivity contribution in [3.63, 3.8) is 0 Å². The fourth-order valence-electron chi connectivity index (χ4n) is 5.16. The quantitative estimate of drug-likeness (QED) is 0.654. The third kappa shape index (κ3) is 3.45. The van der Waals surface area contributed by atoms with E-state index in [4.69, 9.17) is 14.2 Å². The Morgan fingerprint density at radius 2 is 2.00 bits per heavy atom. The maximum absolute atomic E-state index is 14.4. The summed E-state index contributed by atoms with van der Waals surface area (Å²) in [4.78, 5) is 27.8. The molecule has 1 N–H and O–H groups in total. The van der Waals surface area contributed by atoms with Crippen molar-refractivity contribution in [3.8, 4) is 11.5 Å². The zero-order valence-electron chi connectivity index (χ0n) is 18.4. The highest BCUT2D eigenvalue weighted by Gasteiger charge is 2.67. The molecule has 172 valence electrons. The van der Waals surface area contributed by atoms with Crippen LogP contribution in [-0.2, 0) is 20.7 Å². The Bertz CT molecular complexity index is 1140. The summed E-state index contributed by atoms with van der Waals surface area (Å²) in [6.45, 7) is 0.589. The highest BCUT2D eigenvalue weighted by molar-refractivity contribution is 6.03. The maximum atomic E-state index is 14.4. The Morgan fingerprint density at radius 1 is 1.21 bits per heavy atom. The van der Waals surface area contributed by atoms with Crippen LogP contribution in [0.5, 0.6) is 11.5 Å². The van der Waals surface area contributed by atoms with Crippen molar-refractivity contribution >= 4 is 17.5 Å². The van der Waals surface area contributed by atoms with Crippen LogP contribution in [0, 0.1) is 17.7 Å². The monoisotopic (exact) mass is 452 g/mol. The first-order chi connectivity index (χ1) is 16.0. The van der Waals surface area contributed by atoms with Crippen LogP contribution in [0.15, 0.2) is 54.6 Å². The number of fused-ring (bicyclic) bond motifs is 1. The van der Waals surface area contributed by atoms with Gasteiger partial charge in [-0.2, -0.15) is 0 Å². The van der Waals surface area contributed by atoms with Crippen LogP contribution in [0.1, 0.15) is 5.56 Å². The Morgan fingerprint density at radius 3 is 2.76 bits per heavy atom. The highest BCUT2D eigenvalue weighted by Crippen LogP contribution is 2.52. The van der Waals surface area contributed by atoms with Crippen molar-refractivity contribution in [2.75, 3.05) is 32.2 Å². The number of nitrogens with one attached hydrogen (secondary N) is 1. The van der Waals surface area contributed by atoms with E-state index in [-0.39, 0.29) is 24.0 Å². The molecular formula is C25H25FN2O5. The third-order valence-corrected chi connectivity index (χ3v) is 6.71. The molecule has 0 aromatic heterocycles. The lowest BCUT2D eigenvalue weighted by molar-refractivity contribution is -0.131. The van der Waals surface area contributed by atoms with Crippen LogP contribution >= 0.6 is 0 Å². The van der Waals surface area contributed by atoms with Crippen LogP contribution in [0.25, 0.3) is 0 Å². The van der Waals surface area contributed by atoms with Gasteiger partial charge in [-0.05, 0) is 36.2 Å². The molecule has 2 fully saturated rings. The fourth-order valence-corrected chi connectivity index (χ4v) is 5.16. The number of hydrogen-bond acceptors (Lipinski definition) is 5. The molecule has 2 bridgehead atoms. The number of halogens is 1. The number of methoxy groups -OCH3 is 2. The molecule has 2 amide bonds. The summed E-state index contributed by atoms with van der Waals surface area (Å²) in [6.07, 6.45) is 3.83. The Balaban J connectivity index is 1.28. The highest BCUT2D eigenvalue weighted by atomic mass is 19.1. The summed E-state index contributed by atoms with van der Waals surface area (Å²) < 4.78 is 31.1. The molecule has 0 saturated carbocycles. The molecule has 3 aliphatic rings. The summed E-state index contributed by atoms with van der Waals surface area (Å²) in [5.41, 5.74) is 0.297. The molecule has 2 aromatic rings. The number of rotatable bonds is 7. The minimum Gasteiger partial charge on any atom is -0.493 e. The standard InChI is InChI=1S/C25H25FN2O5/c1-31-18-8-7-15(13-20(18)32-2)10-12-27-23(29)21-19-9-11-25(33-19)14-28(24(30)22(21)25)17-6-4-3-5-16(17)26/h3-9,11,13,19,21-22H,10,12,14H2,1-2H3,(H,27,29)/t19-,21-,22-,25-/m1/s1. The van der Waals surface area contributed by atoms with E-state index in [9.17, 15) is 14.0 Å². The lowest BCUT2D eigenvalue weighted by Crippen LogP contribution is -2.44. The number of nitrogens with zero attached hydrogens (tertiary/aromatic N) is 1. The second-order valence-electron chi connectivity index (χ2n) is 8.51. The van der Waals surface area contributed by atoms with Gasteiger partial charge in [0.2, 0.25) is 11.8 Å². The van der Waals surface area contributed by atoms with Gasteiger partial charge in [0, 0.05) is 6.54 Å². The summed E-state index contributed by atoms with van der Waals surface area (Å²) in [7, 11) is 3.15.